The van der Waals surface area contributed by atoms with Crippen LogP contribution in [0.25, 0.3) is 0 Å². The highest BCUT2D eigenvalue weighted by Crippen LogP contribution is 2.22. The number of thiophene rings is 1. The molecule has 0 amide bonds. The molecule has 5 nitrogen and oxygen atoms in total. The van der Waals surface area contributed by atoms with Gasteiger partial charge in [0.2, 0.25) is 10.0 Å². The highest BCUT2D eigenvalue weighted by atomic mass is 79.9. The fourth-order valence-electron chi connectivity index (χ4n) is 1.64. The van der Waals surface area contributed by atoms with Crippen LogP contribution in [0.4, 0.5) is 0 Å². The highest BCUT2D eigenvalue weighted by molar-refractivity contribution is 9.10. The maximum absolute atomic E-state index is 12.1. The summed E-state index contributed by atoms with van der Waals surface area (Å²) in [5.74, 6) is -0.983. The van der Waals surface area contributed by atoms with Gasteiger partial charge in [-0.3, -0.25) is 4.79 Å². The lowest BCUT2D eigenvalue weighted by Gasteiger charge is -2.05. The second-order valence-electron chi connectivity index (χ2n) is 4.25. The lowest BCUT2D eigenvalue weighted by molar-refractivity contribution is -0.136. The predicted octanol–water partition coefficient (Wildman–Crippen LogP) is 2.62. The van der Waals surface area contributed by atoms with E-state index in [1.807, 2.05) is 24.3 Å². The standard InChI is InChI=1S/C13H12BrNO4S2/c14-10-3-1-2-9(6-10)8-15-21(18,19)13-5-4-11(20-13)7-12(16)17/h1-6,15H,7-8H2,(H,16,17). The zero-order valence-electron chi connectivity index (χ0n) is 10.7. The van der Waals surface area contributed by atoms with Gasteiger partial charge in [-0.2, -0.15) is 0 Å². The molecule has 0 aliphatic carbocycles. The minimum Gasteiger partial charge on any atom is -0.481 e. The maximum atomic E-state index is 12.1. The monoisotopic (exact) mass is 389 g/mol. The van der Waals surface area contributed by atoms with Gasteiger partial charge in [0.25, 0.3) is 0 Å². The molecular formula is C13H12BrNO4S2. The summed E-state index contributed by atoms with van der Waals surface area (Å²) < 4.78 is 27.8. The van der Waals surface area contributed by atoms with Crippen molar-refractivity contribution in [1.29, 1.82) is 0 Å². The van der Waals surface area contributed by atoms with E-state index in [0.29, 0.717) is 4.88 Å². The van der Waals surface area contributed by atoms with Crippen LogP contribution in [0.3, 0.4) is 0 Å². The van der Waals surface area contributed by atoms with Crippen molar-refractivity contribution >= 4 is 43.3 Å². The minimum absolute atomic E-state index is 0.119. The fraction of sp³-hybridized carbons (Fsp3) is 0.154. The highest BCUT2D eigenvalue weighted by Gasteiger charge is 2.17. The second kappa shape index (κ2) is 6.69. The second-order valence-corrected chi connectivity index (χ2v) is 8.32. The number of aliphatic carboxylic acids is 1. The molecule has 2 rings (SSSR count). The zero-order chi connectivity index (χ0) is 15.5. The lowest BCUT2D eigenvalue weighted by Crippen LogP contribution is -2.22. The average molecular weight is 390 g/mol. The van der Waals surface area contributed by atoms with Crippen molar-refractivity contribution in [2.45, 2.75) is 17.2 Å². The first kappa shape index (κ1) is 16.2. The number of rotatable bonds is 6. The molecule has 0 saturated heterocycles. The zero-order valence-corrected chi connectivity index (χ0v) is 14.0. The van der Waals surface area contributed by atoms with Gasteiger partial charge in [-0.15, -0.1) is 11.3 Å². The third-order valence-corrected chi connectivity index (χ3v) is 6.05. The van der Waals surface area contributed by atoms with E-state index >= 15 is 0 Å². The Morgan fingerprint density at radius 3 is 2.71 bits per heavy atom. The number of hydrogen-bond acceptors (Lipinski definition) is 4. The first-order valence-corrected chi connectivity index (χ1v) is 9.01. The Morgan fingerprint density at radius 2 is 2.05 bits per heavy atom. The van der Waals surface area contributed by atoms with Crippen molar-refractivity contribution in [2.75, 3.05) is 0 Å². The molecule has 0 bridgehead atoms. The summed E-state index contributed by atoms with van der Waals surface area (Å²) in [4.78, 5) is 11.1. The van der Waals surface area contributed by atoms with Crippen molar-refractivity contribution in [3.63, 3.8) is 0 Å². The predicted molar refractivity (Wildman–Crippen MR) is 83.8 cm³/mol. The molecule has 21 heavy (non-hydrogen) atoms. The molecule has 8 heteroatoms. The van der Waals surface area contributed by atoms with Crippen molar-refractivity contribution in [2.24, 2.45) is 0 Å². The molecule has 0 aliphatic heterocycles. The largest absolute Gasteiger partial charge is 0.481 e. The number of carbonyl (C=O) groups is 1. The maximum Gasteiger partial charge on any atom is 0.308 e. The normalized spacial score (nSPS) is 11.5. The van der Waals surface area contributed by atoms with Crippen LogP contribution in [0.1, 0.15) is 10.4 Å². The first-order valence-electron chi connectivity index (χ1n) is 5.91. The van der Waals surface area contributed by atoms with Crippen molar-refractivity contribution in [3.05, 3.63) is 51.3 Å². The third kappa shape index (κ3) is 4.63. The molecule has 0 radical (unpaired) electrons. The molecule has 2 N–H and O–H groups in total. The van der Waals surface area contributed by atoms with Gasteiger partial charge in [0, 0.05) is 15.9 Å². The Balaban J connectivity index is 2.08. The van der Waals surface area contributed by atoms with Gasteiger partial charge in [0.1, 0.15) is 4.21 Å². The molecule has 0 spiro atoms. The molecule has 0 fully saturated rings. The minimum atomic E-state index is -3.63. The van der Waals surface area contributed by atoms with Crippen LogP contribution < -0.4 is 4.72 Å². The van der Waals surface area contributed by atoms with Gasteiger partial charge in [-0.1, -0.05) is 28.1 Å². The van der Waals surface area contributed by atoms with Gasteiger partial charge in [-0.25, -0.2) is 13.1 Å². The van der Waals surface area contributed by atoms with Gasteiger partial charge in [-0.05, 0) is 29.8 Å². The summed E-state index contributed by atoms with van der Waals surface area (Å²) >= 11 is 4.29. The summed E-state index contributed by atoms with van der Waals surface area (Å²) in [6.07, 6.45) is -0.175. The van der Waals surface area contributed by atoms with E-state index in [1.54, 1.807) is 0 Å². The fourth-order valence-corrected chi connectivity index (χ4v) is 4.50. The molecule has 0 atom stereocenters. The number of carboxylic acid groups (broad SMARTS) is 1. The number of halogens is 1. The molecule has 0 unspecified atom stereocenters. The molecule has 0 saturated carbocycles. The summed E-state index contributed by atoms with van der Waals surface area (Å²) in [5.41, 5.74) is 0.829. The van der Waals surface area contributed by atoms with Crippen molar-refractivity contribution < 1.29 is 18.3 Å². The Hall–Kier alpha value is -1.22. The van der Waals surface area contributed by atoms with Crippen LogP contribution >= 0.6 is 27.3 Å². The Bertz CT molecular complexity index is 755. The van der Waals surface area contributed by atoms with E-state index in [4.69, 9.17) is 5.11 Å². The number of carboxylic acids is 1. The molecule has 1 aromatic carbocycles. The van der Waals surface area contributed by atoms with Gasteiger partial charge < -0.3 is 5.11 Å². The molecule has 1 heterocycles. The van der Waals surface area contributed by atoms with Crippen LogP contribution in [0.2, 0.25) is 0 Å². The van der Waals surface area contributed by atoms with Crippen LogP contribution in [0.15, 0.2) is 45.1 Å². The Morgan fingerprint density at radius 1 is 1.29 bits per heavy atom. The lowest BCUT2D eigenvalue weighted by atomic mass is 10.2. The van der Waals surface area contributed by atoms with E-state index in [2.05, 4.69) is 20.7 Å². The summed E-state index contributed by atoms with van der Waals surface area (Å²) in [6, 6.07) is 10.3. The van der Waals surface area contributed by atoms with E-state index < -0.39 is 16.0 Å². The average Bonchev–Trinajstić information content (AvgIpc) is 2.85. The molecule has 2 aromatic rings. The van der Waals surface area contributed by atoms with Gasteiger partial charge >= 0.3 is 5.97 Å². The summed E-state index contributed by atoms with van der Waals surface area (Å²) in [5, 5.41) is 8.69. The van der Waals surface area contributed by atoms with Crippen LogP contribution in [-0.4, -0.2) is 19.5 Å². The van der Waals surface area contributed by atoms with Crippen LogP contribution in [0.5, 0.6) is 0 Å². The van der Waals surface area contributed by atoms with E-state index in [9.17, 15) is 13.2 Å². The quantitative estimate of drug-likeness (QED) is 0.795. The molecule has 1 aromatic heterocycles. The van der Waals surface area contributed by atoms with Crippen LogP contribution in [-0.2, 0) is 27.8 Å². The summed E-state index contributed by atoms with van der Waals surface area (Å²) in [6.45, 7) is 0.175. The number of sulfonamides is 1. The van der Waals surface area contributed by atoms with Crippen molar-refractivity contribution in [1.82, 2.24) is 4.72 Å². The van der Waals surface area contributed by atoms with E-state index in [0.717, 1.165) is 21.4 Å². The first-order chi connectivity index (χ1) is 9.87. The Labute approximate surface area is 134 Å². The smallest absolute Gasteiger partial charge is 0.308 e. The molecule has 112 valence electrons. The van der Waals surface area contributed by atoms with Gasteiger partial charge in [0.05, 0.1) is 6.42 Å². The van der Waals surface area contributed by atoms with E-state index in [1.165, 1.54) is 12.1 Å². The Kier molecular flexibility index (Phi) is 5.15. The topological polar surface area (TPSA) is 83.5 Å². The van der Waals surface area contributed by atoms with Crippen LogP contribution in [0, 0.1) is 0 Å². The molecular weight excluding hydrogens is 378 g/mol. The summed E-state index contributed by atoms with van der Waals surface area (Å²) in [7, 11) is -3.63. The third-order valence-electron chi connectivity index (χ3n) is 2.58. The SMILES string of the molecule is O=C(O)Cc1ccc(S(=O)(=O)NCc2cccc(Br)c2)s1. The number of hydrogen-bond donors (Lipinski definition) is 2. The number of benzene rings is 1. The molecule has 0 aliphatic rings. The van der Waals surface area contributed by atoms with Crippen molar-refractivity contribution in [3.8, 4) is 0 Å². The van der Waals surface area contributed by atoms with Gasteiger partial charge in [0.15, 0.2) is 0 Å². The van der Waals surface area contributed by atoms with E-state index in [-0.39, 0.29) is 17.2 Å². The number of nitrogens with one attached hydrogen (secondary N) is 1.